The van der Waals surface area contributed by atoms with E-state index in [0.717, 1.165) is 0 Å². The maximum absolute atomic E-state index is 13.1. The number of carboxylic acid groups (broad SMARTS) is 1. The number of rotatable bonds is 6. The summed E-state index contributed by atoms with van der Waals surface area (Å²) in [5, 5.41) is 15.0. The summed E-state index contributed by atoms with van der Waals surface area (Å²) < 4.78 is 0. The number of nitrogens with one attached hydrogen (secondary N) is 2. The summed E-state index contributed by atoms with van der Waals surface area (Å²) in [6.07, 6.45) is 2.03. The molecule has 1 fully saturated rings. The molecular formula is C19H26ClN3O4. The van der Waals surface area contributed by atoms with Crippen molar-refractivity contribution in [3.63, 3.8) is 0 Å². The van der Waals surface area contributed by atoms with Crippen LogP contribution < -0.4 is 10.6 Å². The maximum atomic E-state index is 13.1. The Morgan fingerprint density at radius 1 is 1.26 bits per heavy atom. The molecule has 1 aromatic carbocycles. The van der Waals surface area contributed by atoms with Crippen molar-refractivity contribution >= 4 is 35.2 Å². The molecule has 0 saturated carbocycles. The minimum Gasteiger partial charge on any atom is -0.481 e. The van der Waals surface area contributed by atoms with E-state index in [1.165, 1.54) is 0 Å². The van der Waals surface area contributed by atoms with Crippen molar-refractivity contribution in [3.8, 4) is 0 Å². The van der Waals surface area contributed by atoms with Crippen molar-refractivity contribution in [1.82, 2.24) is 10.2 Å². The van der Waals surface area contributed by atoms with Crippen molar-refractivity contribution in [3.05, 3.63) is 29.3 Å². The lowest BCUT2D eigenvalue weighted by molar-refractivity contribution is -0.147. The lowest BCUT2D eigenvalue weighted by atomic mass is 9.91. The summed E-state index contributed by atoms with van der Waals surface area (Å²) >= 11 is 6.06. The zero-order chi connectivity index (χ0) is 20.0. The predicted molar refractivity (Wildman–Crippen MR) is 104 cm³/mol. The smallest absolute Gasteiger partial charge is 0.320 e. The first kappa shape index (κ1) is 21.0. The third kappa shape index (κ3) is 5.35. The van der Waals surface area contributed by atoms with Gasteiger partial charge in [-0.15, -0.1) is 0 Å². The lowest BCUT2D eigenvalue weighted by Gasteiger charge is -2.38. The fourth-order valence-corrected chi connectivity index (χ4v) is 3.55. The summed E-state index contributed by atoms with van der Waals surface area (Å²) in [6.45, 7) is 4.40. The van der Waals surface area contributed by atoms with E-state index in [0.29, 0.717) is 49.5 Å². The van der Waals surface area contributed by atoms with Crippen molar-refractivity contribution in [2.45, 2.75) is 45.1 Å². The van der Waals surface area contributed by atoms with Crippen LogP contribution >= 0.6 is 11.6 Å². The Hall–Kier alpha value is -2.28. The first-order valence-corrected chi connectivity index (χ1v) is 9.50. The molecule has 3 N–H and O–H groups in total. The number of anilines is 1. The summed E-state index contributed by atoms with van der Waals surface area (Å²) in [7, 11) is 0. The van der Waals surface area contributed by atoms with Gasteiger partial charge in [0.1, 0.15) is 5.54 Å². The second kappa shape index (κ2) is 9.08. The SMILES string of the molecule is CCCC(C)(NC(=O)Nc1ccccc1Cl)C(=O)N1CCC(C(=O)O)CC1. The topological polar surface area (TPSA) is 98.7 Å². The molecule has 0 aromatic heterocycles. The van der Waals surface area contributed by atoms with E-state index < -0.39 is 23.5 Å². The Labute approximate surface area is 164 Å². The molecule has 1 aliphatic rings. The van der Waals surface area contributed by atoms with E-state index in [2.05, 4.69) is 10.6 Å². The molecule has 27 heavy (non-hydrogen) atoms. The van der Waals surface area contributed by atoms with Gasteiger partial charge in [0.25, 0.3) is 0 Å². The van der Waals surface area contributed by atoms with Gasteiger partial charge in [-0.05, 0) is 38.3 Å². The molecule has 0 aliphatic carbocycles. The van der Waals surface area contributed by atoms with Crippen molar-refractivity contribution < 1.29 is 19.5 Å². The molecule has 0 radical (unpaired) electrons. The third-order valence-electron chi connectivity index (χ3n) is 4.86. The monoisotopic (exact) mass is 395 g/mol. The molecule has 1 unspecified atom stereocenters. The Kier molecular flexibility index (Phi) is 7.07. The van der Waals surface area contributed by atoms with Crippen molar-refractivity contribution in [2.24, 2.45) is 5.92 Å². The van der Waals surface area contributed by atoms with E-state index in [1.54, 1.807) is 36.1 Å². The summed E-state index contributed by atoms with van der Waals surface area (Å²) in [5.41, 5.74) is -0.610. The number of nitrogens with zero attached hydrogens (tertiary/aromatic N) is 1. The van der Waals surface area contributed by atoms with Crippen LogP contribution in [0.1, 0.15) is 39.5 Å². The quantitative estimate of drug-likeness (QED) is 0.687. The summed E-state index contributed by atoms with van der Waals surface area (Å²) in [5.74, 6) is -1.43. The van der Waals surface area contributed by atoms with Gasteiger partial charge >= 0.3 is 12.0 Å². The van der Waals surface area contributed by atoms with Crippen LogP contribution in [-0.4, -0.2) is 46.5 Å². The number of aliphatic carboxylic acids is 1. The van der Waals surface area contributed by atoms with Gasteiger partial charge in [-0.1, -0.05) is 37.1 Å². The first-order valence-electron chi connectivity index (χ1n) is 9.12. The molecule has 0 spiro atoms. The highest BCUT2D eigenvalue weighted by atomic mass is 35.5. The van der Waals surface area contributed by atoms with E-state index >= 15 is 0 Å². The van der Waals surface area contributed by atoms with E-state index in [4.69, 9.17) is 16.7 Å². The lowest BCUT2D eigenvalue weighted by Crippen LogP contribution is -2.59. The molecule has 1 aromatic rings. The number of carbonyl (C=O) groups is 3. The van der Waals surface area contributed by atoms with Crippen LogP contribution in [0.2, 0.25) is 5.02 Å². The highest BCUT2D eigenvalue weighted by Crippen LogP contribution is 2.24. The number of benzene rings is 1. The third-order valence-corrected chi connectivity index (χ3v) is 5.19. The normalized spacial score (nSPS) is 17.1. The molecular weight excluding hydrogens is 370 g/mol. The number of likely N-dealkylation sites (tertiary alicyclic amines) is 1. The van der Waals surface area contributed by atoms with Crippen molar-refractivity contribution in [1.29, 1.82) is 0 Å². The van der Waals surface area contributed by atoms with E-state index in [9.17, 15) is 14.4 Å². The predicted octanol–water partition coefficient (Wildman–Crippen LogP) is 3.34. The van der Waals surface area contributed by atoms with Crippen LogP contribution in [0.5, 0.6) is 0 Å². The Bertz CT molecular complexity index is 704. The van der Waals surface area contributed by atoms with Crippen LogP contribution in [0, 0.1) is 5.92 Å². The number of halogens is 1. The van der Waals surface area contributed by atoms with Gasteiger partial charge in [-0.25, -0.2) is 4.79 Å². The van der Waals surface area contributed by atoms with Gasteiger partial charge in [0.15, 0.2) is 0 Å². The van der Waals surface area contributed by atoms with Crippen molar-refractivity contribution in [2.75, 3.05) is 18.4 Å². The molecule has 1 saturated heterocycles. The Morgan fingerprint density at radius 2 is 1.89 bits per heavy atom. The molecule has 1 atom stereocenters. The molecule has 1 aliphatic heterocycles. The van der Waals surface area contributed by atoms with E-state index in [-0.39, 0.29) is 5.91 Å². The minimum absolute atomic E-state index is 0.192. The number of hydrogen-bond donors (Lipinski definition) is 3. The van der Waals surface area contributed by atoms with Crippen LogP contribution in [0.25, 0.3) is 0 Å². The molecule has 3 amide bonds. The molecule has 148 valence electrons. The van der Waals surface area contributed by atoms with Gasteiger partial charge in [0.2, 0.25) is 5.91 Å². The average molecular weight is 396 g/mol. The van der Waals surface area contributed by atoms with Gasteiger partial charge in [-0.3, -0.25) is 9.59 Å². The summed E-state index contributed by atoms with van der Waals surface area (Å²) in [6, 6.07) is 6.35. The molecule has 7 nitrogen and oxygen atoms in total. The number of urea groups is 1. The minimum atomic E-state index is -1.07. The number of carbonyl (C=O) groups excluding carboxylic acids is 2. The Morgan fingerprint density at radius 3 is 2.44 bits per heavy atom. The number of piperidine rings is 1. The van der Waals surface area contributed by atoms with Gasteiger partial charge < -0.3 is 20.6 Å². The van der Waals surface area contributed by atoms with Crippen LogP contribution in [-0.2, 0) is 9.59 Å². The largest absolute Gasteiger partial charge is 0.481 e. The number of amides is 3. The fourth-order valence-electron chi connectivity index (χ4n) is 3.37. The van der Waals surface area contributed by atoms with Gasteiger partial charge in [0, 0.05) is 13.1 Å². The number of carboxylic acids is 1. The maximum Gasteiger partial charge on any atom is 0.320 e. The molecule has 0 bridgehead atoms. The molecule has 1 heterocycles. The van der Waals surface area contributed by atoms with Gasteiger partial charge in [-0.2, -0.15) is 0 Å². The first-order chi connectivity index (χ1) is 12.8. The molecule has 2 rings (SSSR count). The average Bonchev–Trinajstić information content (AvgIpc) is 2.63. The standard InChI is InChI=1S/C19H26ClN3O4/c1-3-10-19(2,17(26)23-11-8-13(9-12-23)16(24)25)22-18(27)21-15-7-5-4-6-14(15)20/h4-7,13H,3,8-12H2,1-2H3,(H,24,25)(H2,21,22,27). The summed E-state index contributed by atoms with van der Waals surface area (Å²) in [4.78, 5) is 38.2. The second-order valence-corrected chi connectivity index (χ2v) is 7.45. The van der Waals surface area contributed by atoms with Gasteiger partial charge in [0.05, 0.1) is 16.6 Å². The fraction of sp³-hybridized carbons (Fsp3) is 0.526. The molecule has 8 heteroatoms. The van der Waals surface area contributed by atoms with Crippen LogP contribution in [0.3, 0.4) is 0 Å². The highest BCUT2D eigenvalue weighted by Gasteiger charge is 2.39. The zero-order valence-electron chi connectivity index (χ0n) is 15.6. The number of para-hydroxylation sites is 1. The zero-order valence-corrected chi connectivity index (χ0v) is 16.4. The van der Waals surface area contributed by atoms with Crippen LogP contribution in [0.4, 0.5) is 10.5 Å². The van der Waals surface area contributed by atoms with Crippen LogP contribution in [0.15, 0.2) is 24.3 Å². The second-order valence-electron chi connectivity index (χ2n) is 7.05. The highest BCUT2D eigenvalue weighted by molar-refractivity contribution is 6.33. The number of hydrogen-bond acceptors (Lipinski definition) is 3. The van der Waals surface area contributed by atoms with E-state index in [1.807, 2.05) is 6.92 Å². The Balaban J connectivity index is 2.05.